The Kier molecular flexibility index (Phi) is 5.58. The van der Waals surface area contributed by atoms with E-state index in [2.05, 4.69) is 23.1 Å². The number of nitrogens with zero attached hydrogens (tertiary/aromatic N) is 2. The molecule has 1 heterocycles. The fourth-order valence-corrected chi connectivity index (χ4v) is 2.66. The van der Waals surface area contributed by atoms with Crippen molar-refractivity contribution in [3.05, 3.63) is 30.5 Å². The highest BCUT2D eigenvalue weighted by Crippen LogP contribution is 2.28. The SMILES string of the molecule is CCOC(=O)NC(=Nc1cccc2c1ccn2S)SCC. The van der Waals surface area contributed by atoms with Gasteiger partial charge in [-0.25, -0.2) is 9.79 Å². The summed E-state index contributed by atoms with van der Waals surface area (Å²) in [5.41, 5.74) is 1.75. The molecule has 1 N–H and O–H groups in total. The summed E-state index contributed by atoms with van der Waals surface area (Å²) < 4.78 is 6.62. The van der Waals surface area contributed by atoms with E-state index in [1.165, 1.54) is 11.8 Å². The Bertz CT molecular complexity index is 667. The van der Waals surface area contributed by atoms with Gasteiger partial charge in [0.05, 0.1) is 17.8 Å². The maximum atomic E-state index is 11.5. The predicted molar refractivity (Wildman–Crippen MR) is 91.7 cm³/mol. The molecular weight excluding hydrogens is 306 g/mol. The third-order valence-electron chi connectivity index (χ3n) is 2.68. The third kappa shape index (κ3) is 3.95. The molecule has 1 amide bonds. The number of amidine groups is 1. The number of carbonyl (C=O) groups excluding carboxylic acids is 1. The molecule has 2 rings (SSSR count). The molecule has 0 atom stereocenters. The summed E-state index contributed by atoms with van der Waals surface area (Å²) in [4.78, 5) is 16.1. The van der Waals surface area contributed by atoms with Crippen LogP contribution in [0.2, 0.25) is 0 Å². The molecule has 0 fully saturated rings. The zero-order valence-electron chi connectivity index (χ0n) is 11.9. The summed E-state index contributed by atoms with van der Waals surface area (Å²) in [6.07, 6.45) is 1.37. The molecule has 7 heteroatoms. The van der Waals surface area contributed by atoms with Crippen molar-refractivity contribution in [3.8, 4) is 0 Å². The lowest BCUT2D eigenvalue weighted by Crippen LogP contribution is -2.29. The zero-order valence-corrected chi connectivity index (χ0v) is 13.6. The van der Waals surface area contributed by atoms with E-state index in [4.69, 9.17) is 4.74 Å². The van der Waals surface area contributed by atoms with Gasteiger partial charge >= 0.3 is 6.09 Å². The first-order valence-corrected chi connectivity index (χ1v) is 7.98. The van der Waals surface area contributed by atoms with Gasteiger partial charge < -0.3 is 4.74 Å². The van der Waals surface area contributed by atoms with E-state index in [1.807, 2.05) is 37.4 Å². The highest BCUT2D eigenvalue weighted by molar-refractivity contribution is 8.13. The van der Waals surface area contributed by atoms with Crippen LogP contribution in [-0.2, 0) is 4.74 Å². The van der Waals surface area contributed by atoms with Crippen LogP contribution in [0.3, 0.4) is 0 Å². The molecule has 21 heavy (non-hydrogen) atoms. The number of thioether (sulfide) groups is 1. The number of aromatic nitrogens is 1. The largest absolute Gasteiger partial charge is 0.450 e. The highest BCUT2D eigenvalue weighted by Gasteiger charge is 2.09. The van der Waals surface area contributed by atoms with Crippen LogP contribution in [0.1, 0.15) is 13.8 Å². The first-order chi connectivity index (χ1) is 10.2. The Morgan fingerprint density at radius 2 is 2.24 bits per heavy atom. The maximum absolute atomic E-state index is 11.5. The van der Waals surface area contributed by atoms with Crippen LogP contribution < -0.4 is 5.32 Å². The second-order valence-corrected chi connectivity index (χ2v) is 5.75. The summed E-state index contributed by atoms with van der Waals surface area (Å²) in [5.74, 6) is 0.800. The first kappa shape index (κ1) is 15.8. The van der Waals surface area contributed by atoms with E-state index < -0.39 is 6.09 Å². The second kappa shape index (κ2) is 7.42. The van der Waals surface area contributed by atoms with E-state index in [-0.39, 0.29) is 0 Å². The minimum absolute atomic E-state index is 0.327. The lowest BCUT2D eigenvalue weighted by atomic mass is 10.2. The lowest BCUT2D eigenvalue weighted by Gasteiger charge is -2.08. The Labute approximate surface area is 133 Å². The van der Waals surface area contributed by atoms with Crippen LogP contribution in [-0.4, -0.2) is 27.6 Å². The molecule has 0 spiro atoms. The van der Waals surface area contributed by atoms with Gasteiger partial charge in [-0.1, -0.05) is 37.6 Å². The van der Waals surface area contributed by atoms with Crippen LogP contribution in [0.15, 0.2) is 35.5 Å². The molecular formula is C14H17N3O2S2. The van der Waals surface area contributed by atoms with Gasteiger partial charge in [-0.05, 0) is 30.9 Å². The van der Waals surface area contributed by atoms with Crippen molar-refractivity contribution >= 4 is 52.4 Å². The topological polar surface area (TPSA) is 55.6 Å². The van der Waals surface area contributed by atoms with Crippen LogP contribution in [0.4, 0.5) is 10.5 Å². The molecule has 0 aliphatic carbocycles. The van der Waals surface area contributed by atoms with Crippen molar-refractivity contribution in [1.29, 1.82) is 0 Å². The summed E-state index contributed by atoms with van der Waals surface area (Å²) in [6.45, 7) is 4.09. The number of benzene rings is 1. The number of fused-ring (bicyclic) bond motifs is 1. The molecule has 5 nitrogen and oxygen atoms in total. The molecule has 2 aromatic rings. The Morgan fingerprint density at radius 3 is 2.95 bits per heavy atom. The summed E-state index contributed by atoms with van der Waals surface area (Å²) in [6, 6.07) is 7.72. The van der Waals surface area contributed by atoms with Crippen molar-refractivity contribution in [1.82, 2.24) is 9.29 Å². The van der Waals surface area contributed by atoms with Crippen LogP contribution >= 0.6 is 24.6 Å². The molecule has 0 saturated heterocycles. The van der Waals surface area contributed by atoms with E-state index in [9.17, 15) is 4.79 Å². The Balaban J connectivity index is 2.33. The van der Waals surface area contributed by atoms with Gasteiger partial charge in [0.1, 0.15) is 0 Å². The van der Waals surface area contributed by atoms with Crippen molar-refractivity contribution in [2.24, 2.45) is 4.99 Å². The summed E-state index contributed by atoms with van der Waals surface area (Å²) in [5, 5.41) is 4.17. The van der Waals surface area contributed by atoms with E-state index >= 15 is 0 Å². The van der Waals surface area contributed by atoms with Crippen LogP contribution in [0, 0.1) is 0 Å². The number of amides is 1. The molecule has 1 aromatic heterocycles. The van der Waals surface area contributed by atoms with Crippen molar-refractivity contribution < 1.29 is 9.53 Å². The van der Waals surface area contributed by atoms with Gasteiger partial charge in [0.2, 0.25) is 0 Å². The van der Waals surface area contributed by atoms with Gasteiger partial charge in [-0.3, -0.25) is 9.29 Å². The summed E-state index contributed by atoms with van der Waals surface area (Å²) in [7, 11) is 0. The lowest BCUT2D eigenvalue weighted by molar-refractivity contribution is 0.158. The van der Waals surface area contributed by atoms with Crippen molar-refractivity contribution in [2.45, 2.75) is 13.8 Å². The minimum atomic E-state index is -0.490. The van der Waals surface area contributed by atoms with Gasteiger partial charge in [-0.2, -0.15) is 0 Å². The highest BCUT2D eigenvalue weighted by atomic mass is 32.2. The average Bonchev–Trinajstić information content (AvgIpc) is 2.82. The average molecular weight is 323 g/mol. The molecule has 0 saturated carbocycles. The normalized spacial score (nSPS) is 11.7. The number of rotatable bonds is 3. The van der Waals surface area contributed by atoms with Gasteiger partial charge in [0.25, 0.3) is 0 Å². The van der Waals surface area contributed by atoms with Crippen LogP contribution in [0.5, 0.6) is 0 Å². The number of hydrogen-bond donors (Lipinski definition) is 2. The fraction of sp³-hybridized carbons (Fsp3) is 0.286. The number of thiol groups is 1. The van der Waals surface area contributed by atoms with E-state index in [1.54, 1.807) is 10.9 Å². The molecule has 0 unspecified atom stereocenters. The predicted octanol–water partition coefficient (Wildman–Crippen LogP) is 3.82. The number of hydrogen-bond acceptors (Lipinski definition) is 5. The standard InChI is InChI=1S/C14H17N3O2S2/c1-3-19-14(18)16-13(21-4-2)15-11-6-5-7-12-10(11)8-9-17(12)20/h5-9,20H,3-4H2,1-2H3,(H,15,16,18). The maximum Gasteiger partial charge on any atom is 0.413 e. The molecule has 0 aliphatic rings. The fourth-order valence-electron chi connectivity index (χ4n) is 1.83. The smallest absolute Gasteiger partial charge is 0.413 e. The van der Waals surface area contributed by atoms with Crippen molar-refractivity contribution in [2.75, 3.05) is 12.4 Å². The van der Waals surface area contributed by atoms with Crippen molar-refractivity contribution in [3.63, 3.8) is 0 Å². The quantitative estimate of drug-likeness (QED) is 0.513. The monoisotopic (exact) mass is 323 g/mol. The minimum Gasteiger partial charge on any atom is -0.450 e. The van der Waals surface area contributed by atoms with E-state index in [0.29, 0.717) is 11.8 Å². The van der Waals surface area contributed by atoms with Gasteiger partial charge in [0.15, 0.2) is 5.17 Å². The number of ether oxygens (including phenoxy) is 1. The number of aliphatic imine (C=N–C) groups is 1. The van der Waals surface area contributed by atoms with Gasteiger partial charge in [-0.15, -0.1) is 0 Å². The second-order valence-electron chi connectivity index (χ2n) is 4.07. The Hall–Kier alpha value is -1.60. The van der Waals surface area contributed by atoms with E-state index in [0.717, 1.165) is 22.3 Å². The van der Waals surface area contributed by atoms with Crippen LogP contribution in [0.25, 0.3) is 10.9 Å². The number of nitrogens with one attached hydrogen (secondary N) is 1. The Morgan fingerprint density at radius 1 is 1.43 bits per heavy atom. The number of alkyl carbamates (subject to hydrolysis) is 1. The number of carbonyl (C=O) groups is 1. The molecule has 0 bridgehead atoms. The first-order valence-electron chi connectivity index (χ1n) is 6.60. The third-order valence-corrected chi connectivity index (χ3v) is 3.78. The molecule has 1 aromatic carbocycles. The molecule has 112 valence electrons. The summed E-state index contributed by atoms with van der Waals surface area (Å²) >= 11 is 5.79. The van der Waals surface area contributed by atoms with Gasteiger partial charge in [0, 0.05) is 11.6 Å². The zero-order chi connectivity index (χ0) is 15.2. The molecule has 0 radical (unpaired) electrons. The molecule has 0 aliphatic heterocycles.